The Morgan fingerprint density at radius 1 is 1.21 bits per heavy atom. The standard InChI is InChI=1S/C28H32F3N3O4S/c1-17-16-32-23-4-3-19(38-2)15-20(23)25(17)24(35)5-6-28(27(36)33-37)7-9-34(10-8-28)11-12-39-26-21(30)13-18(29)14-22(26)31/h3-4,13-16,24,35,37H,5-12H2,1-2H3,(H,33,36). The number of hydroxylamine groups is 1. The molecule has 1 aromatic heterocycles. The van der Waals surface area contributed by atoms with Crippen LogP contribution in [-0.4, -0.2) is 58.6 Å². The van der Waals surface area contributed by atoms with Gasteiger partial charge >= 0.3 is 0 Å². The maximum Gasteiger partial charge on any atom is 0.249 e. The third kappa shape index (κ3) is 6.49. The monoisotopic (exact) mass is 563 g/mol. The molecular formula is C28H32F3N3O4S. The number of amides is 1. The van der Waals surface area contributed by atoms with Crippen molar-refractivity contribution in [2.45, 2.75) is 43.6 Å². The number of piperidine rings is 1. The van der Waals surface area contributed by atoms with Crippen molar-refractivity contribution < 1.29 is 33.0 Å². The molecule has 2 heterocycles. The van der Waals surface area contributed by atoms with Gasteiger partial charge in [-0.05, 0) is 75.0 Å². The van der Waals surface area contributed by atoms with Crippen LogP contribution in [0.3, 0.4) is 0 Å². The van der Waals surface area contributed by atoms with Gasteiger partial charge in [0.2, 0.25) is 5.91 Å². The number of aryl methyl sites for hydroxylation is 1. The number of methoxy groups -OCH3 is 1. The van der Waals surface area contributed by atoms with E-state index in [0.717, 1.165) is 33.8 Å². The highest BCUT2D eigenvalue weighted by Gasteiger charge is 2.41. The lowest BCUT2D eigenvalue weighted by Crippen LogP contribution is -2.48. The number of aromatic nitrogens is 1. The Bertz CT molecular complexity index is 1310. The van der Waals surface area contributed by atoms with Crippen LogP contribution >= 0.6 is 11.8 Å². The van der Waals surface area contributed by atoms with Crippen molar-refractivity contribution in [3.63, 3.8) is 0 Å². The molecule has 39 heavy (non-hydrogen) atoms. The van der Waals surface area contributed by atoms with E-state index in [1.54, 1.807) is 19.4 Å². The molecule has 1 unspecified atom stereocenters. The number of nitrogens with one attached hydrogen (secondary N) is 1. The number of hydrogen-bond donors (Lipinski definition) is 3. The molecule has 210 valence electrons. The van der Waals surface area contributed by atoms with Gasteiger partial charge in [-0.3, -0.25) is 15.0 Å². The van der Waals surface area contributed by atoms with Gasteiger partial charge in [-0.25, -0.2) is 18.7 Å². The molecule has 2 aromatic carbocycles. The Morgan fingerprint density at radius 2 is 1.90 bits per heavy atom. The Kier molecular flexibility index (Phi) is 9.37. The van der Waals surface area contributed by atoms with E-state index in [1.165, 1.54) is 0 Å². The Hall–Kier alpha value is -2.86. The number of pyridine rings is 1. The van der Waals surface area contributed by atoms with Crippen molar-refractivity contribution in [3.8, 4) is 5.75 Å². The smallest absolute Gasteiger partial charge is 0.249 e. The van der Waals surface area contributed by atoms with Crippen LogP contribution in [0.4, 0.5) is 13.2 Å². The predicted octanol–water partition coefficient (Wildman–Crippen LogP) is 5.16. The summed E-state index contributed by atoms with van der Waals surface area (Å²) in [7, 11) is 1.57. The Morgan fingerprint density at radius 3 is 2.54 bits per heavy atom. The number of rotatable bonds is 10. The number of likely N-dealkylation sites (tertiary alicyclic amines) is 1. The maximum atomic E-state index is 13.9. The van der Waals surface area contributed by atoms with Crippen LogP contribution in [0.15, 0.2) is 41.4 Å². The minimum absolute atomic E-state index is 0.215. The lowest BCUT2D eigenvalue weighted by molar-refractivity contribution is -0.143. The first-order valence-corrected chi connectivity index (χ1v) is 13.7. The van der Waals surface area contributed by atoms with Crippen LogP contribution in [0.25, 0.3) is 10.9 Å². The molecule has 1 amide bonds. The number of hydrogen-bond acceptors (Lipinski definition) is 7. The molecule has 11 heteroatoms. The van der Waals surface area contributed by atoms with Crippen LogP contribution in [0.2, 0.25) is 0 Å². The van der Waals surface area contributed by atoms with Crippen molar-refractivity contribution in [2.75, 3.05) is 32.5 Å². The van der Waals surface area contributed by atoms with Gasteiger partial charge in [0.05, 0.1) is 29.0 Å². The predicted molar refractivity (Wildman–Crippen MR) is 142 cm³/mol. The van der Waals surface area contributed by atoms with E-state index in [-0.39, 0.29) is 4.90 Å². The van der Waals surface area contributed by atoms with E-state index in [0.29, 0.717) is 69.0 Å². The molecular weight excluding hydrogens is 531 g/mol. The van der Waals surface area contributed by atoms with E-state index in [9.17, 15) is 28.3 Å². The van der Waals surface area contributed by atoms with Gasteiger partial charge in [-0.2, -0.15) is 0 Å². The molecule has 0 bridgehead atoms. The van der Waals surface area contributed by atoms with Gasteiger partial charge in [0.15, 0.2) is 0 Å². The lowest BCUT2D eigenvalue weighted by Gasteiger charge is -2.40. The van der Waals surface area contributed by atoms with E-state index in [4.69, 9.17) is 4.74 Å². The first-order chi connectivity index (χ1) is 18.7. The molecule has 1 aliphatic rings. The first kappa shape index (κ1) is 29.1. The van der Waals surface area contributed by atoms with E-state index < -0.39 is 34.9 Å². The van der Waals surface area contributed by atoms with E-state index >= 15 is 0 Å². The van der Waals surface area contributed by atoms with Crippen molar-refractivity contribution in [1.29, 1.82) is 0 Å². The molecule has 0 saturated carbocycles. The summed E-state index contributed by atoms with van der Waals surface area (Å²) in [6.45, 7) is 3.46. The van der Waals surface area contributed by atoms with Gasteiger partial charge in [0.25, 0.3) is 0 Å². The van der Waals surface area contributed by atoms with Gasteiger partial charge in [-0.1, -0.05) is 0 Å². The fourth-order valence-corrected chi connectivity index (χ4v) is 6.22. The average Bonchev–Trinajstić information content (AvgIpc) is 2.93. The molecule has 1 aliphatic heterocycles. The molecule has 3 aromatic rings. The second-order valence-corrected chi connectivity index (χ2v) is 11.0. The number of carbonyl (C=O) groups excluding carboxylic acids is 1. The number of ether oxygens (including phenoxy) is 1. The van der Waals surface area contributed by atoms with Crippen LogP contribution in [0, 0.1) is 29.8 Å². The lowest BCUT2D eigenvalue weighted by atomic mass is 9.73. The summed E-state index contributed by atoms with van der Waals surface area (Å²) in [6, 6.07) is 6.80. The minimum Gasteiger partial charge on any atom is -0.497 e. The molecule has 0 spiro atoms. The number of thioether (sulfide) groups is 1. The summed E-state index contributed by atoms with van der Waals surface area (Å²) >= 11 is 0.979. The highest BCUT2D eigenvalue weighted by molar-refractivity contribution is 7.99. The Labute approximate surface area is 229 Å². The van der Waals surface area contributed by atoms with Crippen molar-refractivity contribution in [2.24, 2.45) is 5.41 Å². The highest BCUT2D eigenvalue weighted by Crippen LogP contribution is 2.40. The molecule has 4 rings (SSSR count). The minimum atomic E-state index is -0.957. The third-order valence-corrected chi connectivity index (χ3v) is 8.62. The Balaban J connectivity index is 1.40. The number of aliphatic hydroxyl groups excluding tert-OH is 1. The number of benzene rings is 2. The largest absolute Gasteiger partial charge is 0.497 e. The summed E-state index contributed by atoms with van der Waals surface area (Å²) in [5.74, 6) is -2.27. The fourth-order valence-electron chi connectivity index (χ4n) is 5.28. The zero-order valence-electron chi connectivity index (χ0n) is 21.8. The van der Waals surface area contributed by atoms with Gasteiger partial charge < -0.3 is 14.7 Å². The van der Waals surface area contributed by atoms with Crippen LogP contribution < -0.4 is 10.2 Å². The second-order valence-electron chi connectivity index (χ2n) is 9.90. The summed E-state index contributed by atoms with van der Waals surface area (Å²) in [4.78, 5) is 19.1. The number of fused-ring (bicyclic) bond motifs is 1. The zero-order chi connectivity index (χ0) is 28.2. The van der Waals surface area contributed by atoms with Gasteiger partial charge in [0.1, 0.15) is 23.2 Å². The second kappa shape index (κ2) is 12.5. The van der Waals surface area contributed by atoms with Crippen LogP contribution in [0.1, 0.15) is 42.9 Å². The number of aliphatic hydroxyl groups is 1. The number of halogens is 3. The topological polar surface area (TPSA) is 94.9 Å². The molecule has 3 N–H and O–H groups in total. The quantitative estimate of drug-likeness (QED) is 0.178. The van der Waals surface area contributed by atoms with Gasteiger partial charge in [-0.15, -0.1) is 11.8 Å². The number of carbonyl (C=O) groups is 1. The molecule has 1 saturated heterocycles. The normalized spacial score (nSPS) is 16.3. The fraction of sp³-hybridized carbons (Fsp3) is 0.429. The average molecular weight is 564 g/mol. The molecule has 1 atom stereocenters. The molecule has 0 aliphatic carbocycles. The summed E-state index contributed by atoms with van der Waals surface area (Å²) in [5, 5.41) is 21.5. The maximum absolute atomic E-state index is 13.9. The van der Waals surface area contributed by atoms with Crippen molar-refractivity contribution in [3.05, 3.63) is 65.1 Å². The summed E-state index contributed by atoms with van der Waals surface area (Å²) < 4.78 is 46.3. The zero-order valence-corrected chi connectivity index (χ0v) is 22.7. The SMILES string of the molecule is COc1ccc2ncc(C)c(C(O)CCC3(C(=O)NO)CCN(CCSc4c(F)cc(F)cc4F)CC3)c2c1. The van der Waals surface area contributed by atoms with Crippen LogP contribution in [-0.2, 0) is 4.79 Å². The van der Waals surface area contributed by atoms with Gasteiger partial charge in [0, 0.05) is 36.0 Å². The third-order valence-electron chi connectivity index (χ3n) is 7.56. The van der Waals surface area contributed by atoms with Crippen molar-refractivity contribution >= 4 is 28.6 Å². The molecule has 7 nitrogen and oxygen atoms in total. The highest BCUT2D eigenvalue weighted by atomic mass is 32.2. The molecule has 1 fully saturated rings. The number of nitrogens with zero attached hydrogens (tertiary/aromatic N) is 2. The van der Waals surface area contributed by atoms with E-state index in [1.807, 2.05) is 24.5 Å². The van der Waals surface area contributed by atoms with Crippen molar-refractivity contribution in [1.82, 2.24) is 15.4 Å². The summed E-state index contributed by atoms with van der Waals surface area (Å²) in [5.41, 5.74) is 3.22. The summed E-state index contributed by atoms with van der Waals surface area (Å²) in [6.07, 6.45) is 2.39. The molecule has 0 radical (unpaired) electrons. The van der Waals surface area contributed by atoms with Crippen LogP contribution in [0.5, 0.6) is 5.75 Å². The first-order valence-electron chi connectivity index (χ1n) is 12.7. The van der Waals surface area contributed by atoms with E-state index in [2.05, 4.69) is 9.88 Å².